The normalized spacial score (nSPS) is 15.3. The summed E-state index contributed by atoms with van der Waals surface area (Å²) >= 11 is 4.70. The summed E-state index contributed by atoms with van der Waals surface area (Å²) in [4.78, 5) is 0. The topological polar surface area (TPSA) is 37.4 Å². The van der Waals surface area contributed by atoms with Crippen LogP contribution >= 0.6 is 27.3 Å². The van der Waals surface area contributed by atoms with Gasteiger partial charge in [-0.15, -0.1) is 11.3 Å². The van der Waals surface area contributed by atoms with E-state index in [0.717, 1.165) is 28.6 Å². The van der Waals surface area contributed by atoms with Crippen molar-refractivity contribution in [1.82, 2.24) is 0 Å². The standard InChI is InChI=1S/C13H12BrNO2S2/c14-11-5-6-12-10(9-11)3-1-7-15(12)19(16,17)13-4-2-8-18-13/h2,4-6,8-9H,1,3,7H2. The fourth-order valence-electron chi connectivity index (χ4n) is 2.30. The molecule has 0 fully saturated rings. The number of rotatable bonds is 2. The summed E-state index contributed by atoms with van der Waals surface area (Å²) in [6.45, 7) is 0.550. The second-order valence-electron chi connectivity index (χ2n) is 4.39. The van der Waals surface area contributed by atoms with Gasteiger partial charge in [-0.2, -0.15) is 0 Å². The first-order valence-corrected chi connectivity index (χ1v) is 9.05. The van der Waals surface area contributed by atoms with Gasteiger partial charge in [-0.25, -0.2) is 8.42 Å². The van der Waals surface area contributed by atoms with Gasteiger partial charge in [0.25, 0.3) is 10.0 Å². The number of hydrogen-bond donors (Lipinski definition) is 0. The van der Waals surface area contributed by atoms with E-state index in [2.05, 4.69) is 15.9 Å². The molecule has 3 nitrogen and oxygen atoms in total. The molecule has 0 saturated carbocycles. The molecule has 6 heteroatoms. The van der Waals surface area contributed by atoms with Crippen molar-refractivity contribution in [2.75, 3.05) is 10.8 Å². The quantitative estimate of drug-likeness (QED) is 0.822. The summed E-state index contributed by atoms with van der Waals surface area (Å²) < 4.78 is 28.2. The Labute approximate surface area is 125 Å². The minimum atomic E-state index is -3.41. The number of aryl methyl sites for hydroxylation is 1. The molecule has 0 N–H and O–H groups in total. The lowest BCUT2D eigenvalue weighted by atomic mass is 10.0. The molecule has 19 heavy (non-hydrogen) atoms. The number of hydrogen-bond acceptors (Lipinski definition) is 3. The number of anilines is 1. The Morgan fingerprint density at radius 2 is 2.11 bits per heavy atom. The number of benzene rings is 1. The molecule has 0 bridgehead atoms. The van der Waals surface area contributed by atoms with E-state index in [1.807, 2.05) is 18.2 Å². The molecule has 0 amide bonds. The van der Waals surface area contributed by atoms with Gasteiger partial charge in [0.05, 0.1) is 5.69 Å². The van der Waals surface area contributed by atoms with Gasteiger partial charge in [0.15, 0.2) is 0 Å². The van der Waals surface area contributed by atoms with E-state index in [1.54, 1.807) is 17.5 Å². The van der Waals surface area contributed by atoms with Gasteiger partial charge in [0.1, 0.15) is 4.21 Å². The summed E-state index contributed by atoms with van der Waals surface area (Å²) in [6, 6.07) is 9.20. The van der Waals surface area contributed by atoms with Crippen LogP contribution in [-0.2, 0) is 16.4 Å². The lowest BCUT2D eigenvalue weighted by Crippen LogP contribution is -2.35. The van der Waals surface area contributed by atoms with Gasteiger partial charge in [-0.05, 0) is 48.1 Å². The third kappa shape index (κ3) is 2.32. The minimum Gasteiger partial charge on any atom is -0.265 e. The van der Waals surface area contributed by atoms with Gasteiger partial charge in [0, 0.05) is 11.0 Å². The van der Waals surface area contributed by atoms with Crippen LogP contribution in [0.2, 0.25) is 0 Å². The van der Waals surface area contributed by atoms with Gasteiger partial charge in [-0.3, -0.25) is 4.31 Å². The average molecular weight is 358 g/mol. The first-order chi connectivity index (χ1) is 9.09. The lowest BCUT2D eigenvalue weighted by molar-refractivity contribution is 0.588. The second-order valence-corrected chi connectivity index (χ2v) is 8.34. The predicted molar refractivity (Wildman–Crippen MR) is 81.3 cm³/mol. The molecule has 2 heterocycles. The van der Waals surface area contributed by atoms with E-state index in [0.29, 0.717) is 10.8 Å². The van der Waals surface area contributed by atoms with Gasteiger partial charge < -0.3 is 0 Å². The molecule has 100 valence electrons. The summed E-state index contributed by atoms with van der Waals surface area (Å²) in [7, 11) is -3.41. The fourth-order valence-corrected chi connectivity index (χ4v) is 5.35. The van der Waals surface area contributed by atoms with Crippen LogP contribution in [0.4, 0.5) is 5.69 Å². The third-order valence-electron chi connectivity index (χ3n) is 3.16. The highest BCUT2D eigenvalue weighted by Gasteiger charge is 2.29. The number of nitrogens with zero attached hydrogens (tertiary/aromatic N) is 1. The van der Waals surface area contributed by atoms with E-state index in [1.165, 1.54) is 15.6 Å². The van der Waals surface area contributed by atoms with E-state index in [-0.39, 0.29) is 0 Å². The molecule has 0 spiro atoms. The maximum atomic E-state index is 12.6. The van der Waals surface area contributed by atoms with Crippen LogP contribution in [0.1, 0.15) is 12.0 Å². The maximum absolute atomic E-state index is 12.6. The Morgan fingerprint density at radius 3 is 2.84 bits per heavy atom. The van der Waals surface area contributed by atoms with E-state index in [4.69, 9.17) is 0 Å². The van der Waals surface area contributed by atoms with E-state index >= 15 is 0 Å². The molecule has 0 atom stereocenters. The molecular formula is C13H12BrNO2S2. The molecule has 0 saturated heterocycles. The van der Waals surface area contributed by atoms with Crippen LogP contribution in [0, 0.1) is 0 Å². The lowest BCUT2D eigenvalue weighted by Gasteiger charge is -2.30. The van der Waals surface area contributed by atoms with Gasteiger partial charge in [-0.1, -0.05) is 22.0 Å². The van der Waals surface area contributed by atoms with Gasteiger partial charge >= 0.3 is 0 Å². The summed E-state index contributed by atoms with van der Waals surface area (Å²) in [5, 5.41) is 1.79. The molecule has 1 aromatic heterocycles. The molecule has 3 rings (SSSR count). The van der Waals surface area contributed by atoms with Crippen LogP contribution in [0.25, 0.3) is 0 Å². The van der Waals surface area contributed by atoms with Crippen LogP contribution in [0.5, 0.6) is 0 Å². The number of halogens is 1. The largest absolute Gasteiger partial charge is 0.273 e. The van der Waals surface area contributed by atoms with Crippen LogP contribution in [-0.4, -0.2) is 15.0 Å². The summed E-state index contributed by atoms with van der Waals surface area (Å²) in [6.07, 6.45) is 1.78. The SMILES string of the molecule is O=S(=O)(c1cccs1)N1CCCc2cc(Br)ccc21. The Balaban J connectivity index is 2.10. The zero-order valence-corrected chi connectivity index (χ0v) is 13.3. The Bertz CT molecular complexity index is 695. The molecule has 0 aliphatic carbocycles. The Hall–Kier alpha value is -0.850. The molecule has 1 aliphatic heterocycles. The number of sulfonamides is 1. The van der Waals surface area contributed by atoms with Crippen molar-refractivity contribution < 1.29 is 8.42 Å². The second kappa shape index (κ2) is 4.92. The zero-order valence-electron chi connectivity index (χ0n) is 10.0. The van der Waals surface area contributed by atoms with Crippen LogP contribution < -0.4 is 4.31 Å². The van der Waals surface area contributed by atoms with Crippen molar-refractivity contribution in [1.29, 1.82) is 0 Å². The first-order valence-electron chi connectivity index (χ1n) is 5.94. The summed E-state index contributed by atoms with van der Waals surface area (Å²) in [5.41, 5.74) is 1.89. The smallest absolute Gasteiger partial charge is 0.265 e. The van der Waals surface area contributed by atoms with Crippen molar-refractivity contribution >= 4 is 43.0 Å². The third-order valence-corrected chi connectivity index (χ3v) is 6.84. The highest BCUT2D eigenvalue weighted by Crippen LogP contribution is 2.34. The minimum absolute atomic E-state index is 0.406. The first kappa shape index (κ1) is 13.1. The average Bonchev–Trinajstić information content (AvgIpc) is 2.92. The van der Waals surface area contributed by atoms with Crippen molar-refractivity contribution in [3.63, 3.8) is 0 Å². The fraction of sp³-hybridized carbons (Fsp3) is 0.231. The molecule has 1 aliphatic rings. The monoisotopic (exact) mass is 357 g/mol. The van der Waals surface area contributed by atoms with Crippen molar-refractivity contribution in [2.24, 2.45) is 0 Å². The highest BCUT2D eigenvalue weighted by molar-refractivity contribution is 9.10. The molecule has 2 aromatic rings. The highest BCUT2D eigenvalue weighted by atomic mass is 79.9. The zero-order chi connectivity index (χ0) is 13.5. The Morgan fingerprint density at radius 1 is 1.26 bits per heavy atom. The molecule has 1 aromatic carbocycles. The van der Waals surface area contributed by atoms with E-state index in [9.17, 15) is 8.42 Å². The van der Waals surface area contributed by atoms with Crippen LogP contribution in [0.3, 0.4) is 0 Å². The molecular weight excluding hydrogens is 346 g/mol. The molecule has 0 unspecified atom stereocenters. The van der Waals surface area contributed by atoms with Crippen molar-refractivity contribution in [3.8, 4) is 0 Å². The molecule has 0 radical (unpaired) electrons. The maximum Gasteiger partial charge on any atom is 0.273 e. The van der Waals surface area contributed by atoms with E-state index < -0.39 is 10.0 Å². The number of fused-ring (bicyclic) bond motifs is 1. The summed E-state index contributed by atoms with van der Waals surface area (Å²) in [5.74, 6) is 0. The predicted octanol–water partition coefficient (Wildman–Crippen LogP) is 3.65. The Kier molecular flexibility index (Phi) is 3.41. The number of thiophene rings is 1. The van der Waals surface area contributed by atoms with Crippen LogP contribution in [0.15, 0.2) is 44.4 Å². The van der Waals surface area contributed by atoms with Gasteiger partial charge in [0.2, 0.25) is 0 Å². The van der Waals surface area contributed by atoms with Crippen molar-refractivity contribution in [2.45, 2.75) is 17.1 Å². The van der Waals surface area contributed by atoms with Crippen molar-refractivity contribution in [3.05, 3.63) is 45.7 Å².